The SMILES string of the molecule is CC(NC(=O)c1c(Cl)cc(CCP(C)(=O)c2cccc(O)c2)cc1Cl)C(=O)O. The molecule has 0 bridgehead atoms. The van der Waals surface area contributed by atoms with E-state index in [1.807, 2.05) is 0 Å². The van der Waals surface area contributed by atoms with E-state index in [4.69, 9.17) is 28.3 Å². The molecule has 0 fully saturated rings. The zero-order chi connectivity index (χ0) is 21.1. The topological polar surface area (TPSA) is 104 Å². The summed E-state index contributed by atoms with van der Waals surface area (Å²) in [6.07, 6.45) is 0.723. The molecule has 28 heavy (non-hydrogen) atoms. The molecule has 2 aromatic carbocycles. The van der Waals surface area contributed by atoms with E-state index in [1.165, 1.54) is 19.1 Å². The minimum atomic E-state index is -2.72. The fourth-order valence-electron chi connectivity index (χ4n) is 2.58. The number of phenols is 1. The maximum absolute atomic E-state index is 13.0. The smallest absolute Gasteiger partial charge is 0.325 e. The van der Waals surface area contributed by atoms with Gasteiger partial charge in [-0.2, -0.15) is 0 Å². The van der Waals surface area contributed by atoms with Crippen molar-refractivity contribution in [3.63, 3.8) is 0 Å². The van der Waals surface area contributed by atoms with Gasteiger partial charge in [-0.05, 0) is 49.8 Å². The lowest BCUT2D eigenvalue weighted by Gasteiger charge is -2.15. The number of nitrogens with one attached hydrogen (secondary N) is 1. The zero-order valence-electron chi connectivity index (χ0n) is 15.3. The number of hydrogen-bond acceptors (Lipinski definition) is 4. The van der Waals surface area contributed by atoms with Crippen LogP contribution in [0.1, 0.15) is 22.8 Å². The number of carbonyl (C=O) groups is 2. The molecule has 2 rings (SSSR count). The molecule has 3 N–H and O–H groups in total. The van der Waals surface area contributed by atoms with Gasteiger partial charge < -0.3 is 20.1 Å². The number of aliphatic carboxylic acids is 1. The summed E-state index contributed by atoms with van der Waals surface area (Å²) in [5, 5.41) is 21.5. The second kappa shape index (κ2) is 8.99. The Labute approximate surface area is 172 Å². The number of carbonyl (C=O) groups excluding carboxylic acids is 1. The van der Waals surface area contributed by atoms with E-state index in [0.717, 1.165) is 0 Å². The molecule has 2 aromatic rings. The highest BCUT2D eigenvalue weighted by Gasteiger charge is 2.22. The molecule has 2 atom stereocenters. The van der Waals surface area contributed by atoms with Gasteiger partial charge in [0.2, 0.25) is 0 Å². The van der Waals surface area contributed by atoms with E-state index < -0.39 is 25.1 Å². The quantitative estimate of drug-likeness (QED) is 0.565. The third-order valence-electron chi connectivity index (χ3n) is 4.25. The lowest BCUT2D eigenvalue weighted by atomic mass is 10.1. The number of amides is 1. The number of halogens is 2. The van der Waals surface area contributed by atoms with Gasteiger partial charge in [0.15, 0.2) is 0 Å². The number of rotatable bonds is 7. The number of benzene rings is 2. The van der Waals surface area contributed by atoms with E-state index in [1.54, 1.807) is 30.9 Å². The fraction of sp³-hybridized carbons (Fsp3) is 0.263. The lowest BCUT2D eigenvalue weighted by molar-refractivity contribution is -0.138. The molecule has 0 spiro atoms. The molecule has 0 aliphatic carbocycles. The third-order valence-corrected chi connectivity index (χ3v) is 7.29. The van der Waals surface area contributed by atoms with E-state index >= 15 is 0 Å². The van der Waals surface area contributed by atoms with Crippen LogP contribution in [0.25, 0.3) is 0 Å². The van der Waals surface area contributed by atoms with Gasteiger partial charge in [0.25, 0.3) is 5.91 Å². The molecule has 150 valence electrons. The van der Waals surface area contributed by atoms with Gasteiger partial charge >= 0.3 is 5.97 Å². The largest absolute Gasteiger partial charge is 0.508 e. The molecule has 0 radical (unpaired) electrons. The van der Waals surface area contributed by atoms with Crippen LogP contribution in [-0.4, -0.2) is 41.0 Å². The van der Waals surface area contributed by atoms with Crippen molar-refractivity contribution in [1.82, 2.24) is 5.32 Å². The van der Waals surface area contributed by atoms with Crippen molar-refractivity contribution in [3.8, 4) is 5.75 Å². The maximum atomic E-state index is 13.0. The minimum Gasteiger partial charge on any atom is -0.508 e. The van der Waals surface area contributed by atoms with Crippen LogP contribution in [0.5, 0.6) is 5.75 Å². The summed E-state index contributed by atoms with van der Waals surface area (Å²) in [6.45, 7) is 2.97. The summed E-state index contributed by atoms with van der Waals surface area (Å²) in [5.74, 6) is -1.81. The monoisotopic (exact) mass is 443 g/mol. The fourth-order valence-corrected chi connectivity index (χ4v) is 5.03. The molecular weight excluding hydrogens is 424 g/mol. The van der Waals surface area contributed by atoms with Crippen molar-refractivity contribution in [2.75, 3.05) is 12.8 Å². The highest BCUT2D eigenvalue weighted by Crippen LogP contribution is 2.41. The highest BCUT2D eigenvalue weighted by molar-refractivity contribution is 7.70. The van der Waals surface area contributed by atoms with Gasteiger partial charge in [-0.3, -0.25) is 9.59 Å². The van der Waals surface area contributed by atoms with Gasteiger partial charge in [-0.15, -0.1) is 0 Å². The van der Waals surface area contributed by atoms with Crippen molar-refractivity contribution in [2.24, 2.45) is 0 Å². The first-order chi connectivity index (χ1) is 13.0. The number of phenolic OH excluding ortho intramolecular Hbond substituents is 1. The summed E-state index contributed by atoms with van der Waals surface area (Å²) in [6, 6.07) is 8.35. The van der Waals surface area contributed by atoms with Gasteiger partial charge in [0.05, 0.1) is 15.6 Å². The first kappa shape index (κ1) is 22.3. The number of carboxylic acid groups (broad SMARTS) is 1. The van der Waals surface area contributed by atoms with Gasteiger partial charge in [-0.25, -0.2) is 0 Å². The van der Waals surface area contributed by atoms with Gasteiger partial charge in [-0.1, -0.05) is 35.3 Å². The Morgan fingerprint density at radius 2 is 1.79 bits per heavy atom. The van der Waals surface area contributed by atoms with E-state index in [-0.39, 0.29) is 21.4 Å². The maximum Gasteiger partial charge on any atom is 0.325 e. The Morgan fingerprint density at radius 1 is 1.18 bits per heavy atom. The van der Waals surface area contributed by atoms with E-state index in [0.29, 0.717) is 23.5 Å². The Balaban J connectivity index is 2.17. The Kier molecular flexibility index (Phi) is 7.16. The van der Waals surface area contributed by atoms with Gasteiger partial charge in [0, 0.05) is 11.5 Å². The molecule has 0 aliphatic heterocycles. The number of carboxylic acids is 1. The average molecular weight is 444 g/mol. The van der Waals surface area contributed by atoms with E-state index in [2.05, 4.69) is 5.32 Å². The molecule has 0 aliphatic rings. The Hall–Kier alpha value is -2.01. The van der Waals surface area contributed by atoms with Crippen LogP contribution < -0.4 is 10.6 Å². The molecule has 0 aromatic heterocycles. The predicted molar refractivity (Wildman–Crippen MR) is 111 cm³/mol. The van der Waals surface area contributed by atoms with Crippen molar-refractivity contribution in [1.29, 1.82) is 0 Å². The summed E-state index contributed by atoms with van der Waals surface area (Å²) >= 11 is 12.4. The number of aryl methyl sites for hydroxylation is 1. The van der Waals surface area contributed by atoms with Crippen LogP contribution >= 0.6 is 30.3 Å². The first-order valence-electron chi connectivity index (χ1n) is 8.39. The van der Waals surface area contributed by atoms with Crippen LogP contribution in [0.3, 0.4) is 0 Å². The molecule has 0 saturated heterocycles. The molecule has 1 amide bonds. The molecule has 0 heterocycles. The summed E-state index contributed by atoms with van der Waals surface area (Å²) in [7, 11) is -2.72. The number of hydrogen-bond donors (Lipinski definition) is 3. The molecular formula is C19H20Cl2NO5P. The van der Waals surface area contributed by atoms with Crippen LogP contribution in [0.4, 0.5) is 0 Å². The Bertz CT molecular complexity index is 940. The molecule has 6 nitrogen and oxygen atoms in total. The molecule has 2 unspecified atom stereocenters. The predicted octanol–water partition coefficient (Wildman–Crippen LogP) is 3.76. The standard InChI is InChI=1S/C19H20Cl2NO5P/c1-11(19(25)26)22-18(24)17-15(20)8-12(9-16(17)21)6-7-28(2,27)14-5-3-4-13(23)10-14/h3-5,8-11,23H,6-7H2,1-2H3,(H,22,24)(H,25,26). The second-order valence-corrected chi connectivity index (χ2v) is 10.5. The highest BCUT2D eigenvalue weighted by atomic mass is 35.5. The van der Waals surface area contributed by atoms with Gasteiger partial charge in [0.1, 0.15) is 18.9 Å². The molecule has 0 saturated carbocycles. The van der Waals surface area contributed by atoms with Crippen LogP contribution in [0.15, 0.2) is 36.4 Å². The van der Waals surface area contributed by atoms with Crippen LogP contribution in [0.2, 0.25) is 10.0 Å². The lowest BCUT2D eigenvalue weighted by Crippen LogP contribution is -2.38. The summed E-state index contributed by atoms with van der Waals surface area (Å²) in [5.41, 5.74) is 0.688. The summed E-state index contributed by atoms with van der Waals surface area (Å²) < 4.78 is 13.0. The first-order valence-corrected chi connectivity index (χ1v) is 11.5. The van der Waals surface area contributed by atoms with E-state index in [9.17, 15) is 19.3 Å². The van der Waals surface area contributed by atoms with Crippen molar-refractivity contribution in [2.45, 2.75) is 19.4 Å². The minimum absolute atomic E-state index is 0.00662. The number of aromatic hydroxyl groups is 1. The van der Waals surface area contributed by atoms with Crippen molar-refractivity contribution in [3.05, 3.63) is 57.6 Å². The zero-order valence-corrected chi connectivity index (χ0v) is 17.7. The van der Waals surface area contributed by atoms with Crippen molar-refractivity contribution < 1.29 is 24.4 Å². The Morgan fingerprint density at radius 3 is 2.32 bits per heavy atom. The second-order valence-electron chi connectivity index (χ2n) is 6.56. The van der Waals surface area contributed by atoms with Crippen LogP contribution in [0, 0.1) is 0 Å². The molecule has 9 heteroatoms. The normalized spacial score (nSPS) is 14.1. The third kappa shape index (κ3) is 5.51. The summed E-state index contributed by atoms with van der Waals surface area (Å²) in [4.78, 5) is 23.1. The van der Waals surface area contributed by atoms with Crippen LogP contribution in [-0.2, 0) is 15.8 Å². The van der Waals surface area contributed by atoms with Crippen molar-refractivity contribution >= 4 is 47.5 Å². The average Bonchev–Trinajstić information content (AvgIpc) is 2.59.